The molecule has 3 amide bonds. The van der Waals surface area contributed by atoms with E-state index in [0.29, 0.717) is 26.2 Å². The first-order valence-electron chi connectivity index (χ1n) is 8.44. The summed E-state index contributed by atoms with van der Waals surface area (Å²) in [5.41, 5.74) is 1.02. The number of nitrogens with one attached hydrogen (secondary N) is 2. The molecule has 0 bridgehead atoms. The quantitative estimate of drug-likeness (QED) is 0.862. The summed E-state index contributed by atoms with van der Waals surface area (Å²) in [5, 5.41) is 7.88. The zero-order valence-electron chi connectivity index (χ0n) is 14.0. The third kappa shape index (κ3) is 5.03. The highest BCUT2D eigenvalue weighted by molar-refractivity contribution is 7.09. The highest BCUT2D eigenvalue weighted by Gasteiger charge is 2.28. The summed E-state index contributed by atoms with van der Waals surface area (Å²) < 4.78 is 0. The number of aromatic nitrogens is 1. The maximum Gasteiger partial charge on any atom is 0.317 e. The molecule has 0 radical (unpaired) electrons. The van der Waals surface area contributed by atoms with Crippen molar-refractivity contribution < 1.29 is 9.59 Å². The molecular formula is C18H22N4O2S. The van der Waals surface area contributed by atoms with Gasteiger partial charge in [-0.25, -0.2) is 4.79 Å². The molecule has 2 aromatic rings. The first-order chi connectivity index (χ1) is 12.2. The number of thiophene rings is 1. The normalized spacial score (nSPS) is 17.1. The van der Waals surface area contributed by atoms with Gasteiger partial charge in [0.05, 0.1) is 12.5 Å². The monoisotopic (exact) mass is 358 g/mol. The zero-order valence-corrected chi connectivity index (χ0v) is 14.8. The van der Waals surface area contributed by atoms with Gasteiger partial charge in [0.2, 0.25) is 5.91 Å². The second-order valence-corrected chi connectivity index (χ2v) is 7.13. The maximum absolute atomic E-state index is 12.4. The van der Waals surface area contributed by atoms with E-state index in [1.165, 1.54) is 0 Å². The molecule has 1 atom stereocenters. The predicted molar refractivity (Wildman–Crippen MR) is 96.9 cm³/mol. The number of amides is 3. The van der Waals surface area contributed by atoms with Crippen LogP contribution in [0.4, 0.5) is 4.79 Å². The lowest BCUT2D eigenvalue weighted by Gasteiger charge is -2.32. The van der Waals surface area contributed by atoms with Gasteiger partial charge in [0.15, 0.2) is 0 Å². The number of carbonyl (C=O) groups excluding carboxylic acids is 2. The Morgan fingerprint density at radius 1 is 1.20 bits per heavy atom. The molecule has 6 nitrogen and oxygen atoms in total. The number of pyridine rings is 1. The molecule has 2 N–H and O–H groups in total. The largest absolute Gasteiger partial charge is 0.352 e. The fourth-order valence-electron chi connectivity index (χ4n) is 2.90. The summed E-state index contributed by atoms with van der Waals surface area (Å²) in [7, 11) is 0. The molecule has 0 saturated carbocycles. The molecule has 7 heteroatoms. The molecule has 0 spiro atoms. The Morgan fingerprint density at radius 2 is 2.04 bits per heavy atom. The topological polar surface area (TPSA) is 74.3 Å². The molecule has 3 rings (SSSR count). The number of urea groups is 1. The van der Waals surface area contributed by atoms with Crippen LogP contribution in [0.1, 0.15) is 23.3 Å². The van der Waals surface area contributed by atoms with E-state index >= 15 is 0 Å². The maximum atomic E-state index is 12.4. The molecule has 1 fully saturated rings. The second kappa shape index (κ2) is 8.62. The number of likely N-dealkylation sites (tertiary alicyclic amines) is 1. The number of hydrogen-bond donors (Lipinski definition) is 2. The van der Waals surface area contributed by atoms with Gasteiger partial charge in [0.25, 0.3) is 0 Å². The number of rotatable bonds is 5. The van der Waals surface area contributed by atoms with Crippen LogP contribution >= 0.6 is 11.3 Å². The first kappa shape index (κ1) is 17.4. The van der Waals surface area contributed by atoms with Gasteiger partial charge in [-0.05, 0) is 42.0 Å². The van der Waals surface area contributed by atoms with E-state index in [1.807, 2.05) is 29.6 Å². The standard InChI is InChI=1S/C18H22N4O2S/c23-17(20-11-14-5-7-19-8-6-14)15-3-1-9-22(13-15)18(24)21-12-16-4-2-10-25-16/h2,4-8,10,15H,1,3,9,11-13H2,(H,20,23)(H,21,24). The van der Waals surface area contributed by atoms with Crippen molar-refractivity contribution in [2.45, 2.75) is 25.9 Å². The minimum atomic E-state index is -0.150. The van der Waals surface area contributed by atoms with E-state index in [1.54, 1.807) is 28.6 Å². The van der Waals surface area contributed by atoms with Crippen molar-refractivity contribution >= 4 is 23.3 Å². The molecule has 1 aliphatic rings. The Kier molecular flexibility index (Phi) is 6.00. The van der Waals surface area contributed by atoms with Gasteiger partial charge in [-0.15, -0.1) is 11.3 Å². The van der Waals surface area contributed by atoms with Gasteiger partial charge in [0, 0.05) is 36.9 Å². The van der Waals surface area contributed by atoms with Crippen molar-refractivity contribution in [1.82, 2.24) is 20.5 Å². The van der Waals surface area contributed by atoms with E-state index in [0.717, 1.165) is 23.3 Å². The Morgan fingerprint density at radius 3 is 2.80 bits per heavy atom. The van der Waals surface area contributed by atoms with Crippen LogP contribution in [-0.4, -0.2) is 34.9 Å². The van der Waals surface area contributed by atoms with E-state index in [-0.39, 0.29) is 17.9 Å². The summed E-state index contributed by atoms with van der Waals surface area (Å²) in [6, 6.07) is 7.63. The molecule has 3 heterocycles. The van der Waals surface area contributed by atoms with Crippen molar-refractivity contribution in [2.75, 3.05) is 13.1 Å². The molecular weight excluding hydrogens is 336 g/mol. The minimum absolute atomic E-state index is 0.00701. The third-order valence-electron chi connectivity index (χ3n) is 4.29. The SMILES string of the molecule is O=C(NCc1ccncc1)C1CCCN(C(=O)NCc2cccs2)C1. The summed E-state index contributed by atoms with van der Waals surface area (Å²) in [5.74, 6) is -0.143. The molecule has 0 aliphatic carbocycles. The number of carbonyl (C=O) groups is 2. The second-order valence-electron chi connectivity index (χ2n) is 6.10. The van der Waals surface area contributed by atoms with E-state index < -0.39 is 0 Å². The first-order valence-corrected chi connectivity index (χ1v) is 9.32. The highest BCUT2D eigenvalue weighted by atomic mass is 32.1. The van der Waals surface area contributed by atoms with Crippen LogP contribution in [0.2, 0.25) is 0 Å². The molecule has 25 heavy (non-hydrogen) atoms. The molecule has 132 valence electrons. The van der Waals surface area contributed by atoms with E-state index in [4.69, 9.17) is 0 Å². The van der Waals surface area contributed by atoms with Gasteiger partial charge in [-0.2, -0.15) is 0 Å². The molecule has 2 aromatic heterocycles. The number of piperidine rings is 1. The third-order valence-corrected chi connectivity index (χ3v) is 5.17. The van der Waals surface area contributed by atoms with Crippen LogP contribution < -0.4 is 10.6 Å². The van der Waals surface area contributed by atoms with Gasteiger partial charge in [-0.1, -0.05) is 6.07 Å². The van der Waals surface area contributed by atoms with Crippen LogP contribution in [-0.2, 0) is 17.9 Å². The Hall–Kier alpha value is -2.41. The van der Waals surface area contributed by atoms with E-state index in [2.05, 4.69) is 15.6 Å². The number of nitrogens with zero attached hydrogens (tertiary/aromatic N) is 2. The Bertz CT molecular complexity index is 690. The lowest BCUT2D eigenvalue weighted by atomic mass is 9.97. The zero-order chi connectivity index (χ0) is 17.5. The summed E-state index contributed by atoms with van der Waals surface area (Å²) in [6.45, 7) is 2.19. The average molecular weight is 358 g/mol. The summed E-state index contributed by atoms with van der Waals surface area (Å²) >= 11 is 1.62. The Balaban J connectivity index is 1.46. The Labute approximate surface area is 151 Å². The highest BCUT2D eigenvalue weighted by Crippen LogP contribution is 2.17. The van der Waals surface area contributed by atoms with E-state index in [9.17, 15) is 9.59 Å². The van der Waals surface area contributed by atoms with Gasteiger partial charge in [-0.3, -0.25) is 9.78 Å². The van der Waals surface area contributed by atoms with Crippen molar-refractivity contribution in [3.05, 3.63) is 52.5 Å². The lowest BCUT2D eigenvalue weighted by Crippen LogP contribution is -2.48. The molecule has 0 aromatic carbocycles. The smallest absolute Gasteiger partial charge is 0.317 e. The summed E-state index contributed by atoms with van der Waals surface area (Å²) in [6.07, 6.45) is 5.08. The molecule has 1 saturated heterocycles. The van der Waals surface area contributed by atoms with Crippen LogP contribution in [0.5, 0.6) is 0 Å². The van der Waals surface area contributed by atoms with Gasteiger partial charge in [0.1, 0.15) is 0 Å². The molecule has 1 unspecified atom stereocenters. The average Bonchev–Trinajstić information content (AvgIpc) is 3.18. The van der Waals surface area contributed by atoms with Crippen LogP contribution in [0.15, 0.2) is 42.0 Å². The van der Waals surface area contributed by atoms with Crippen molar-refractivity contribution in [3.63, 3.8) is 0 Å². The van der Waals surface area contributed by atoms with Crippen LogP contribution in [0, 0.1) is 5.92 Å². The lowest BCUT2D eigenvalue weighted by molar-refractivity contribution is -0.126. The minimum Gasteiger partial charge on any atom is -0.352 e. The molecule has 1 aliphatic heterocycles. The van der Waals surface area contributed by atoms with Crippen molar-refractivity contribution in [1.29, 1.82) is 0 Å². The van der Waals surface area contributed by atoms with Crippen molar-refractivity contribution in [3.8, 4) is 0 Å². The predicted octanol–water partition coefficient (Wildman–Crippen LogP) is 2.38. The van der Waals surface area contributed by atoms with Crippen LogP contribution in [0.25, 0.3) is 0 Å². The fraction of sp³-hybridized carbons (Fsp3) is 0.389. The van der Waals surface area contributed by atoms with Gasteiger partial charge < -0.3 is 15.5 Å². The fourth-order valence-corrected chi connectivity index (χ4v) is 3.54. The van der Waals surface area contributed by atoms with Crippen LogP contribution in [0.3, 0.4) is 0 Å². The van der Waals surface area contributed by atoms with Gasteiger partial charge >= 0.3 is 6.03 Å². The van der Waals surface area contributed by atoms with Crippen molar-refractivity contribution in [2.24, 2.45) is 5.92 Å². The number of hydrogen-bond acceptors (Lipinski definition) is 4. The summed E-state index contributed by atoms with van der Waals surface area (Å²) in [4.78, 5) is 31.6.